The Hall–Kier alpha value is -1.80. The zero-order chi connectivity index (χ0) is 22.6. The van der Waals surface area contributed by atoms with E-state index in [1.165, 1.54) is 7.11 Å². The van der Waals surface area contributed by atoms with Crippen LogP contribution in [0.2, 0.25) is 11.1 Å². The number of carbonyl (C=O) groups is 4. The number of hydrogen-bond donors (Lipinski definition) is 3. The van der Waals surface area contributed by atoms with Gasteiger partial charge in [-0.1, -0.05) is 0 Å². The number of amides is 3. The van der Waals surface area contributed by atoms with E-state index in [0.29, 0.717) is 27.8 Å². The molecule has 0 aromatic heterocycles. The zero-order valence-corrected chi connectivity index (χ0v) is 20.1. The second kappa shape index (κ2) is 13.4. The number of ether oxygens (including phenoxy) is 2. The Morgan fingerprint density at radius 1 is 1.03 bits per heavy atom. The number of esters is 1. The molecule has 0 fully saturated rings. The summed E-state index contributed by atoms with van der Waals surface area (Å²) in [5.74, 6) is 0.659. The van der Waals surface area contributed by atoms with Gasteiger partial charge in [-0.15, -0.1) is 0 Å². The third-order valence-corrected chi connectivity index (χ3v) is 4.92. The van der Waals surface area contributed by atoms with E-state index in [2.05, 4.69) is 16.0 Å². The molecule has 0 radical (unpaired) electrons. The van der Waals surface area contributed by atoms with E-state index in [4.69, 9.17) is 9.47 Å². The van der Waals surface area contributed by atoms with Crippen LogP contribution in [0.15, 0.2) is 0 Å². The SMILES string of the molecule is COC(=O)C(CC[Se]C)NC(=O)CNC(=O)C(CC(C)C)NC(=O)OC(C)(C)C. The molecular formula is C19H35N3O6Se. The first kappa shape index (κ1) is 27.2. The van der Waals surface area contributed by atoms with Gasteiger partial charge in [-0.2, -0.15) is 0 Å². The van der Waals surface area contributed by atoms with Crippen LogP contribution in [-0.2, 0) is 23.9 Å². The number of alkyl carbamates (subject to hydrolysis) is 1. The Morgan fingerprint density at radius 2 is 1.66 bits per heavy atom. The molecule has 3 N–H and O–H groups in total. The van der Waals surface area contributed by atoms with E-state index < -0.39 is 41.6 Å². The number of carbonyl (C=O) groups excluding carboxylic acids is 4. The number of methoxy groups -OCH3 is 1. The Bertz CT molecular complexity index is 563. The van der Waals surface area contributed by atoms with Crippen molar-refractivity contribution >= 4 is 38.8 Å². The van der Waals surface area contributed by atoms with Gasteiger partial charge in [0.05, 0.1) is 0 Å². The molecule has 0 aromatic carbocycles. The molecule has 9 nitrogen and oxygen atoms in total. The predicted octanol–water partition coefficient (Wildman–Crippen LogP) is 1.26. The van der Waals surface area contributed by atoms with Crippen molar-refractivity contribution in [2.45, 2.75) is 76.3 Å². The molecule has 0 heterocycles. The molecule has 0 aliphatic heterocycles. The van der Waals surface area contributed by atoms with Crippen LogP contribution in [0.1, 0.15) is 47.5 Å². The molecule has 10 heteroatoms. The van der Waals surface area contributed by atoms with Gasteiger partial charge in [-0.05, 0) is 20.8 Å². The molecule has 0 spiro atoms. The van der Waals surface area contributed by atoms with Crippen molar-refractivity contribution in [3.63, 3.8) is 0 Å². The predicted molar refractivity (Wildman–Crippen MR) is 111 cm³/mol. The molecule has 0 aliphatic carbocycles. The van der Waals surface area contributed by atoms with Gasteiger partial charge < -0.3 is 0 Å². The van der Waals surface area contributed by atoms with Crippen LogP contribution in [-0.4, -0.2) is 70.2 Å². The Kier molecular flexibility index (Phi) is 12.6. The molecule has 0 saturated heterocycles. The molecule has 3 amide bonds. The summed E-state index contributed by atoms with van der Waals surface area (Å²) in [6.45, 7) is 8.71. The van der Waals surface area contributed by atoms with Crippen LogP contribution in [0.5, 0.6) is 0 Å². The number of rotatable bonds is 11. The zero-order valence-electron chi connectivity index (χ0n) is 18.4. The minimum atomic E-state index is -0.836. The van der Waals surface area contributed by atoms with Gasteiger partial charge >= 0.3 is 153 Å². The summed E-state index contributed by atoms with van der Waals surface area (Å²) in [7, 11) is 1.26. The van der Waals surface area contributed by atoms with Gasteiger partial charge in [-0.25, -0.2) is 0 Å². The van der Waals surface area contributed by atoms with Crippen molar-refractivity contribution in [3.8, 4) is 0 Å². The normalized spacial score (nSPS) is 13.2. The molecule has 0 saturated carbocycles. The molecule has 0 aliphatic rings. The summed E-state index contributed by atoms with van der Waals surface area (Å²) in [5, 5.41) is 8.45. The first-order chi connectivity index (χ1) is 13.4. The molecule has 0 aromatic rings. The monoisotopic (exact) mass is 481 g/mol. The van der Waals surface area contributed by atoms with Crippen molar-refractivity contribution in [2.75, 3.05) is 13.7 Å². The average molecular weight is 480 g/mol. The Morgan fingerprint density at radius 3 is 2.14 bits per heavy atom. The summed E-state index contributed by atoms with van der Waals surface area (Å²) in [6, 6.07) is -1.57. The fourth-order valence-electron chi connectivity index (χ4n) is 2.32. The molecule has 0 bridgehead atoms. The van der Waals surface area contributed by atoms with Crippen molar-refractivity contribution in [1.29, 1.82) is 0 Å². The van der Waals surface area contributed by atoms with Gasteiger partial charge in [0.1, 0.15) is 5.60 Å². The molecule has 2 atom stereocenters. The molecule has 29 heavy (non-hydrogen) atoms. The third-order valence-electron chi connectivity index (χ3n) is 3.57. The van der Waals surface area contributed by atoms with Crippen molar-refractivity contribution in [2.24, 2.45) is 5.92 Å². The maximum absolute atomic E-state index is 12.5. The van der Waals surface area contributed by atoms with Crippen LogP contribution < -0.4 is 16.0 Å². The van der Waals surface area contributed by atoms with E-state index >= 15 is 0 Å². The molecular weight excluding hydrogens is 445 g/mol. The van der Waals surface area contributed by atoms with Crippen LogP contribution in [0.25, 0.3) is 0 Å². The Labute approximate surface area is 179 Å². The second-order valence-electron chi connectivity index (χ2n) is 7.97. The van der Waals surface area contributed by atoms with Crippen LogP contribution in [0.3, 0.4) is 0 Å². The molecule has 2 unspecified atom stereocenters. The maximum atomic E-state index is 12.5. The standard InChI is InChI=1S/C19H35N3O6Se/c1-12(2)10-14(22-18(26)28-19(3,4)5)16(24)20-11-15(23)21-13(8-9-29-7)17(25)27-6/h12-14H,8-11H2,1-7H3,(H,20,24)(H,21,23)(H,22,26). The van der Waals surface area contributed by atoms with Gasteiger partial charge in [-0.3, -0.25) is 0 Å². The smallest absolute Gasteiger partial charge is 0.0253 e. The summed E-state index contributed by atoms with van der Waals surface area (Å²) < 4.78 is 9.90. The second-order valence-corrected chi connectivity index (χ2v) is 10.0. The minimum Gasteiger partial charge on any atom is -0.0253 e. The summed E-state index contributed by atoms with van der Waals surface area (Å²) in [4.78, 5) is 48.4. The Balaban J connectivity index is 4.80. The van der Waals surface area contributed by atoms with Crippen molar-refractivity contribution in [3.05, 3.63) is 0 Å². The van der Waals surface area contributed by atoms with E-state index in [1.54, 1.807) is 20.8 Å². The first-order valence-electron chi connectivity index (χ1n) is 9.53. The summed E-state index contributed by atoms with van der Waals surface area (Å²) >= 11 is 0.364. The van der Waals surface area contributed by atoms with E-state index in [1.807, 2.05) is 19.7 Å². The van der Waals surface area contributed by atoms with E-state index in [0.717, 1.165) is 5.32 Å². The average Bonchev–Trinajstić information content (AvgIpc) is 2.59. The summed E-state index contributed by atoms with van der Waals surface area (Å²) in [5.41, 5.74) is -0.689. The van der Waals surface area contributed by atoms with Gasteiger partial charge in [0.15, 0.2) is 0 Å². The van der Waals surface area contributed by atoms with Crippen LogP contribution in [0, 0.1) is 5.92 Å². The minimum absolute atomic E-state index is 0.133. The number of nitrogens with one attached hydrogen (secondary N) is 3. The van der Waals surface area contributed by atoms with E-state index in [9.17, 15) is 19.2 Å². The third kappa shape index (κ3) is 13.1. The van der Waals surface area contributed by atoms with Gasteiger partial charge in [0.2, 0.25) is 0 Å². The molecule has 0 rings (SSSR count). The van der Waals surface area contributed by atoms with Crippen LogP contribution in [0.4, 0.5) is 4.79 Å². The van der Waals surface area contributed by atoms with Crippen LogP contribution >= 0.6 is 0 Å². The number of hydrogen-bond acceptors (Lipinski definition) is 6. The van der Waals surface area contributed by atoms with E-state index in [-0.39, 0.29) is 12.5 Å². The fraction of sp³-hybridized carbons (Fsp3) is 0.789. The van der Waals surface area contributed by atoms with Crippen molar-refractivity contribution in [1.82, 2.24) is 16.0 Å². The quantitative estimate of drug-likeness (QED) is 0.302. The first-order valence-corrected chi connectivity index (χ1v) is 12.4. The van der Waals surface area contributed by atoms with Gasteiger partial charge in [0.25, 0.3) is 0 Å². The van der Waals surface area contributed by atoms with Crippen molar-refractivity contribution < 1.29 is 28.7 Å². The molecule has 168 valence electrons. The fourth-order valence-corrected chi connectivity index (χ4v) is 3.30. The topological polar surface area (TPSA) is 123 Å². The van der Waals surface area contributed by atoms with Gasteiger partial charge in [0, 0.05) is 0 Å². The summed E-state index contributed by atoms with van der Waals surface area (Å²) in [6.07, 6.45) is 0.171.